The third-order valence-corrected chi connectivity index (χ3v) is 14.3. The van der Waals surface area contributed by atoms with Crippen LogP contribution >= 0.6 is 23.5 Å². The minimum Gasteiger partial charge on any atom is -0.543 e. The summed E-state index contributed by atoms with van der Waals surface area (Å²) >= 11 is 4.08. The molecule has 1 spiro atoms. The van der Waals surface area contributed by atoms with Gasteiger partial charge in [-0.3, -0.25) is 0 Å². The molecule has 6 heteroatoms. The summed E-state index contributed by atoms with van der Waals surface area (Å²) in [7, 11) is -1.93. The molecule has 1 saturated heterocycles. The van der Waals surface area contributed by atoms with Crippen molar-refractivity contribution in [2.45, 2.75) is 68.7 Å². The maximum Gasteiger partial charge on any atom is 0.339 e. The molecule has 1 aliphatic carbocycles. The lowest BCUT2D eigenvalue weighted by molar-refractivity contribution is 0.488. The quantitative estimate of drug-likeness (QED) is 0.414. The molecular weight excluding hydrogens is 404 g/mol. The van der Waals surface area contributed by atoms with Gasteiger partial charge in [0.1, 0.15) is 11.3 Å². The van der Waals surface area contributed by atoms with Crippen molar-refractivity contribution >= 4 is 42.8 Å². The van der Waals surface area contributed by atoms with Gasteiger partial charge in [-0.25, -0.2) is 4.79 Å². The molecule has 152 valence electrons. The zero-order valence-electron chi connectivity index (χ0n) is 17.5. The van der Waals surface area contributed by atoms with Crippen LogP contribution in [-0.4, -0.2) is 23.9 Å². The Hall–Kier alpha value is -0.853. The summed E-state index contributed by atoms with van der Waals surface area (Å²) in [5.74, 6) is 3.22. The number of benzene rings is 1. The van der Waals surface area contributed by atoms with Gasteiger partial charge < -0.3 is 8.84 Å². The van der Waals surface area contributed by atoms with Crippen molar-refractivity contribution in [1.29, 1.82) is 0 Å². The van der Waals surface area contributed by atoms with Crippen molar-refractivity contribution < 1.29 is 8.84 Å². The van der Waals surface area contributed by atoms with Crippen molar-refractivity contribution in [2.75, 3.05) is 11.5 Å². The summed E-state index contributed by atoms with van der Waals surface area (Å²) < 4.78 is 12.4. The molecular formula is C22H30O3S2Si. The summed E-state index contributed by atoms with van der Waals surface area (Å²) in [5, 5.41) is 1.21. The molecule has 0 radical (unpaired) electrons. The average Bonchev–Trinajstić information content (AvgIpc) is 2.61. The average molecular weight is 435 g/mol. The monoisotopic (exact) mass is 434 g/mol. The standard InChI is InChI=1S/C22H30O3S2Si/c1-21(2,3)28(4,5)25-15-7-8-17-16-9-10-22(26-11-6-12-27-22)14-18(16)20(23)24-19(17)13-15/h7-8,13H,6,9-12,14H2,1-5H3. The summed E-state index contributed by atoms with van der Waals surface area (Å²) in [5.41, 5.74) is 2.61. The van der Waals surface area contributed by atoms with Crippen LogP contribution in [0.1, 0.15) is 44.7 Å². The molecule has 1 aromatic heterocycles. The topological polar surface area (TPSA) is 39.4 Å². The van der Waals surface area contributed by atoms with E-state index in [2.05, 4.69) is 46.0 Å². The molecule has 1 aromatic carbocycles. The third kappa shape index (κ3) is 3.68. The third-order valence-electron chi connectivity index (χ3n) is 6.49. The van der Waals surface area contributed by atoms with Crippen molar-refractivity contribution in [3.8, 4) is 5.75 Å². The number of fused-ring (bicyclic) bond motifs is 3. The summed E-state index contributed by atoms with van der Waals surface area (Å²) in [6, 6.07) is 6.07. The van der Waals surface area contributed by atoms with Crippen LogP contribution in [0, 0.1) is 0 Å². The van der Waals surface area contributed by atoms with Crippen LogP contribution in [0.3, 0.4) is 0 Å². The van der Waals surface area contributed by atoms with Crippen molar-refractivity contribution in [1.82, 2.24) is 0 Å². The highest BCUT2D eigenvalue weighted by Gasteiger charge is 2.40. The molecule has 0 N–H and O–H groups in total. The van der Waals surface area contributed by atoms with E-state index in [1.165, 1.54) is 23.5 Å². The zero-order valence-corrected chi connectivity index (χ0v) is 20.1. The highest BCUT2D eigenvalue weighted by atomic mass is 32.2. The number of hydrogen-bond donors (Lipinski definition) is 0. The minimum atomic E-state index is -1.93. The van der Waals surface area contributed by atoms with Crippen LogP contribution in [0.5, 0.6) is 5.75 Å². The number of thioether (sulfide) groups is 2. The molecule has 0 saturated carbocycles. The van der Waals surface area contributed by atoms with Gasteiger partial charge in [0.05, 0.1) is 4.08 Å². The predicted molar refractivity (Wildman–Crippen MR) is 125 cm³/mol. The highest BCUT2D eigenvalue weighted by Crippen LogP contribution is 2.50. The number of aryl methyl sites for hydroxylation is 1. The molecule has 0 atom stereocenters. The summed E-state index contributed by atoms with van der Waals surface area (Å²) in [6.07, 6.45) is 4.20. The molecule has 3 nitrogen and oxygen atoms in total. The van der Waals surface area contributed by atoms with E-state index < -0.39 is 8.32 Å². The van der Waals surface area contributed by atoms with Gasteiger partial charge in [-0.1, -0.05) is 20.8 Å². The molecule has 1 aliphatic heterocycles. The van der Waals surface area contributed by atoms with Crippen LogP contribution in [0.15, 0.2) is 27.4 Å². The first kappa shape index (κ1) is 20.4. The van der Waals surface area contributed by atoms with Crippen LogP contribution in [0.4, 0.5) is 0 Å². The zero-order chi connectivity index (χ0) is 20.2. The summed E-state index contributed by atoms with van der Waals surface area (Å²) in [6.45, 7) is 11.2. The Bertz CT molecular complexity index is 953. The van der Waals surface area contributed by atoms with Gasteiger partial charge in [0.15, 0.2) is 0 Å². The van der Waals surface area contributed by atoms with Gasteiger partial charge in [0, 0.05) is 23.4 Å². The van der Waals surface area contributed by atoms with Gasteiger partial charge in [0.2, 0.25) is 8.32 Å². The van der Waals surface area contributed by atoms with Gasteiger partial charge in [-0.05, 0) is 66.6 Å². The molecule has 2 heterocycles. The fraction of sp³-hybridized carbons (Fsp3) is 0.591. The SMILES string of the molecule is CC(C)(C)[Si](C)(C)Oc1ccc2c3c(c(=O)oc2c1)CC1(CC3)SCCCS1. The molecule has 2 aromatic rings. The van der Waals surface area contributed by atoms with E-state index in [0.717, 1.165) is 36.0 Å². The first-order valence-electron chi connectivity index (χ1n) is 10.2. The molecule has 1 fully saturated rings. The maximum atomic E-state index is 12.8. The van der Waals surface area contributed by atoms with E-state index in [1.54, 1.807) is 0 Å². The Labute approximate surface area is 177 Å². The van der Waals surface area contributed by atoms with E-state index in [4.69, 9.17) is 8.84 Å². The molecule has 0 amide bonds. The minimum absolute atomic E-state index is 0.127. The van der Waals surface area contributed by atoms with Crippen molar-refractivity contribution in [3.63, 3.8) is 0 Å². The lowest BCUT2D eigenvalue weighted by Gasteiger charge is -2.39. The lowest BCUT2D eigenvalue weighted by Crippen LogP contribution is -2.43. The van der Waals surface area contributed by atoms with Gasteiger partial charge >= 0.3 is 5.63 Å². The van der Waals surface area contributed by atoms with E-state index in [9.17, 15) is 4.79 Å². The molecule has 0 unspecified atom stereocenters. The van der Waals surface area contributed by atoms with Gasteiger partial charge in [-0.15, -0.1) is 23.5 Å². The number of rotatable bonds is 2. The second kappa shape index (κ2) is 7.13. The predicted octanol–water partition coefficient (Wildman–Crippen LogP) is 6.23. The molecule has 2 aliphatic rings. The number of hydrogen-bond acceptors (Lipinski definition) is 5. The maximum absolute atomic E-state index is 12.8. The van der Waals surface area contributed by atoms with Crippen LogP contribution < -0.4 is 10.1 Å². The second-order valence-electron chi connectivity index (χ2n) is 9.50. The van der Waals surface area contributed by atoms with E-state index in [-0.39, 0.29) is 14.7 Å². The first-order chi connectivity index (χ1) is 13.1. The molecule has 4 rings (SSSR count). The normalized spacial score (nSPS) is 19.6. The smallest absolute Gasteiger partial charge is 0.339 e. The highest BCUT2D eigenvalue weighted by molar-refractivity contribution is 8.18. The first-order valence-corrected chi connectivity index (χ1v) is 15.0. The fourth-order valence-corrected chi connectivity index (χ4v) is 8.14. The van der Waals surface area contributed by atoms with Gasteiger partial charge in [0.25, 0.3) is 0 Å². The van der Waals surface area contributed by atoms with Gasteiger partial charge in [-0.2, -0.15) is 0 Å². The van der Waals surface area contributed by atoms with Crippen LogP contribution in [-0.2, 0) is 12.8 Å². The van der Waals surface area contributed by atoms with E-state index >= 15 is 0 Å². The molecule has 28 heavy (non-hydrogen) atoms. The Balaban J connectivity index is 1.70. The van der Waals surface area contributed by atoms with Crippen LogP contribution in [0.25, 0.3) is 11.0 Å². The Morgan fingerprint density at radius 1 is 1.14 bits per heavy atom. The lowest BCUT2D eigenvalue weighted by atomic mass is 9.90. The second-order valence-corrected chi connectivity index (χ2v) is 17.4. The molecule has 0 bridgehead atoms. The van der Waals surface area contributed by atoms with Crippen LogP contribution in [0.2, 0.25) is 18.1 Å². The van der Waals surface area contributed by atoms with E-state index in [1.807, 2.05) is 29.6 Å². The van der Waals surface area contributed by atoms with E-state index in [0.29, 0.717) is 5.58 Å². The Kier molecular flexibility index (Phi) is 5.20. The van der Waals surface area contributed by atoms with Crippen molar-refractivity contribution in [3.05, 3.63) is 39.7 Å². The summed E-state index contributed by atoms with van der Waals surface area (Å²) in [4.78, 5) is 12.8. The Morgan fingerprint density at radius 3 is 2.54 bits per heavy atom. The fourth-order valence-electron chi connectivity index (χ4n) is 3.80. The largest absolute Gasteiger partial charge is 0.543 e. The Morgan fingerprint density at radius 2 is 1.86 bits per heavy atom. The van der Waals surface area contributed by atoms with Crippen molar-refractivity contribution in [2.24, 2.45) is 0 Å².